The molecule has 1 amide bonds. The Hall–Kier alpha value is -2.36. The number of aryl methyl sites for hydroxylation is 1. The second-order valence-electron chi connectivity index (χ2n) is 6.39. The average molecular weight is 489 g/mol. The number of sulfonamides is 1. The smallest absolute Gasteiger partial charge is 0.416 e. The summed E-state index contributed by atoms with van der Waals surface area (Å²) in [7, 11) is -3.33. The van der Waals surface area contributed by atoms with Crippen LogP contribution >= 0.6 is 13.5 Å². The van der Waals surface area contributed by atoms with Crippen LogP contribution in [-0.2, 0) is 17.1 Å². The van der Waals surface area contributed by atoms with E-state index in [1.807, 2.05) is 0 Å². The van der Waals surface area contributed by atoms with Gasteiger partial charge in [-0.3, -0.25) is 4.79 Å². The van der Waals surface area contributed by atoms with Crippen molar-refractivity contribution in [3.05, 3.63) is 41.7 Å². The highest BCUT2D eigenvalue weighted by molar-refractivity contribution is 7.89. The van der Waals surface area contributed by atoms with Crippen LogP contribution in [0.4, 0.5) is 27.6 Å². The van der Waals surface area contributed by atoms with E-state index in [2.05, 4.69) is 5.32 Å². The van der Waals surface area contributed by atoms with E-state index >= 15 is 0 Å². The fourth-order valence-electron chi connectivity index (χ4n) is 2.79. The molecule has 0 aliphatic carbocycles. The third-order valence-electron chi connectivity index (χ3n) is 4.21. The predicted octanol–water partition coefficient (Wildman–Crippen LogP) is 1.63. The lowest BCUT2D eigenvalue weighted by molar-refractivity contribution is -0.212. The van der Waals surface area contributed by atoms with Crippen LogP contribution in [0.3, 0.4) is 0 Å². The average Bonchev–Trinajstić information content (AvgIpc) is 2.91. The molecule has 0 fully saturated rings. The van der Waals surface area contributed by atoms with Gasteiger partial charge in [0.2, 0.25) is 10.0 Å². The van der Waals surface area contributed by atoms with E-state index in [-0.39, 0.29) is 19.2 Å². The summed E-state index contributed by atoms with van der Waals surface area (Å²) in [5, 5.41) is 11.6. The standard InChI is InChI=1S/C16H14F5N3O5S.H2S/c1-24-5-11-13(12(24)15(26)22-7-2-3-8(17)9(18)4-7)29-6-10(23-30(11,27)28)14(25)16(19,20)21;/h2-5,10,14,23,25H,6H2,1H3,(H,22,26);1H2/t10-,14?;/m0./s1. The summed E-state index contributed by atoms with van der Waals surface area (Å²) in [5.41, 5.74) is -0.559. The molecule has 2 heterocycles. The number of carbonyl (C=O) groups is 1. The summed E-state index contributed by atoms with van der Waals surface area (Å²) in [6, 6.07) is 0.427. The van der Waals surface area contributed by atoms with Gasteiger partial charge in [0.1, 0.15) is 11.5 Å². The van der Waals surface area contributed by atoms with Crippen LogP contribution in [-0.4, -0.2) is 48.9 Å². The van der Waals surface area contributed by atoms with Gasteiger partial charge in [0.25, 0.3) is 5.91 Å². The minimum atomic E-state index is -5.12. The number of hydrogen-bond donors (Lipinski definition) is 3. The number of aliphatic hydroxyl groups is 1. The maximum atomic E-state index is 13.3. The van der Waals surface area contributed by atoms with Gasteiger partial charge in [-0.2, -0.15) is 26.7 Å². The first-order chi connectivity index (χ1) is 13.8. The molecule has 0 saturated carbocycles. The van der Waals surface area contributed by atoms with Crippen LogP contribution < -0.4 is 14.8 Å². The molecule has 1 aromatic heterocycles. The quantitative estimate of drug-likeness (QED) is 0.568. The first-order valence-electron chi connectivity index (χ1n) is 8.17. The number of alkyl halides is 3. The normalized spacial score (nSPS) is 18.7. The molecular weight excluding hydrogens is 473 g/mol. The molecule has 0 bridgehead atoms. The summed E-state index contributed by atoms with van der Waals surface area (Å²) >= 11 is 0. The molecule has 1 unspecified atom stereocenters. The molecule has 3 N–H and O–H groups in total. The molecule has 2 aromatic rings. The summed E-state index contributed by atoms with van der Waals surface area (Å²) in [6.45, 7) is -0.928. The number of hydrogen-bond acceptors (Lipinski definition) is 5. The first kappa shape index (κ1) is 24.9. The second kappa shape index (κ2) is 8.64. The Morgan fingerprint density at radius 2 is 1.97 bits per heavy atom. The molecular formula is C16H16F5N3O5S2. The van der Waals surface area contributed by atoms with Crippen LogP contribution in [0.25, 0.3) is 0 Å². The van der Waals surface area contributed by atoms with Gasteiger partial charge in [0.05, 0.1) is 6.04 Å². The minimum absolute atomic E-state index is 0. The molecule has 2 atom stereocenters. The monoisotopic (exact) mass is 489 g/mol. The lowest BCUT2D eigenvalue weighted by Gasteiger charge is -2.23. The summed E-state index contributed by atoms with van der Waals surface area (Å²) < 4.78 is 97.5. The van der Waals surface area contributed by atoms with Gasteiger partial charge in [-0.15, -0.1) is 0 Å². The molecule has 3 rings (SSSR count). The van der Waals surface area contributed by atoms with E-state index in [0.717, 1.165) is 22.9 Å². The molecule has 1 aromatic carbocycles. The van der Waals surface area contributed by atoms with E-state index < -0.39 is 68.8 Å². The highest BCUT2D eigenvalue weighted by Gasteiger charge is 2.47. The Morgan fingerprint density at radius 1 is 1.32 bits per heavy atom. The molecule has 0 saturated heterocycles. The molecule has 1 aliphatic rings. The number of halogens is 5. The van der Waals surface area contributed by atoms with Crippen molar-refractivity contribution in [2.24, 2.45) is 7.05 Å². The van der Waals surface area contributed by atoms with Crippen molar-refractivity contribution in [2.45, 2.75) is 23.2 Å². The second-order valence-corrected chi connectivity index (χ2v) is 8.07. The van der Waals surface area contributed by atoms with Crippen molar-refractivity contribution in [2.75, 3.05) is 11.9 Å². The van der Waals surface area contributed by atoms with Gasteiger partial charge >= 0.3 is 6.18 Å². The van der Waals surface area contributed by atoms with E-state index in [1.165, 1.54) is 7.05 Å². The van der Waals surface area contributed by atoms with Gasteiger partial charge in [-0.05, 0) is 12.1 Å². The zero-order valence-corrected chi connectivity index (χ0v) is 17.3. The molecule has 8 nitrogen and oxygen atoms in total. The van der Waals surface area contributed by atoms with Crippen molar-refractivity contribution in [3.8, 4) is 5.75 Å². The van der Waals surface area contributed by atoms with Crippen LogP contribution in [0.5, 0.6) is 5.75 Å². The third-order valence-corrected chi connectivity index (χ3v) is 5.70. The SMILES string of the molecule is Cn1cc2c(c1C(=O)Nc1ccc(F)c(F)c1)OC[C@@H](C(O)C(F)(F)F)NS2(=O)=O.S. The highest BCUT2D eigenvalue weighted by atomic mass is 32.2. The van der Waals surface area contributed by atoms with E-state index in [4.69, 9.17) is 4.74 Å². The maximum Gasteiger partial charge on any atom is 0.416 e. The fraction of sp³-hybridized carbons (Fsp3) is 0.312. The van der Waals surface area contributed by atoms with Crippen molar-refractivity contribution >= 4 is 35.1 Å². The summed E-state index contributed by atoms with van der Waals surface area (Å²) in [4.78, 5) is 12.0. The van der Waals surface area contributed by atoms with Crippen molar-refractivity contribution < 1.29 is 45.0 Å². The number of carbonyl (C=O) groups excluding carboxylic acids is 1. The number of aromatic nitrogens is 1. The predicted molar refractivity (Wildman–Crippen MR) is 102 cm³/mol. The van der Waals surface area contributed by atoms with Crippen LogP contribution in [0.15, 0.2) is 29.3 Å². The number of amides is 1. The molecule has 172 valence electrons. The third kappa shape index (κ3) is 4.94. The van der Waals surface area contributed by atoms with Crippen LogP contribution in [0.1, 0.15) is 10.5 Å². The van der Waals surface area contributed by atoms with Crippen molar-refractivity contribution in [1.29, 1.82) is 0 Å². The number of nitrogens with one attached hydrogen (secondary N) is 2. The van der Waals surface area contributed by atoms with Gasteiger partial charge in [-0.25, -0.2) is 21.9 Å². The van der Waals surface area contributed by atoms with E-state index in [1.54, 1.807) is 4.72 Å². The number of fused-ring (bicyclic) bond motifs is 1. The Kier molecular flexibility index (Phi) is 6.94. The Bertz CT molecular complexity index is 1100. The van der Waals surface area contributed by atoms with Crippen molar-refractivity contribution in [3.63, 3.8) is 0 Å². The van der Waals surface area contributed by atoms with Crippen LogP contribution in [0.2, 0.25) is 0 Å². The maximum absolute atomic E-state index is 13.3. The lowest BCUT2D eigenvalue weighted by atomic mass is 10.2. The zero-order chi connectivity index (χ0) is 22.4. The lowest BCUT2D eigenvalue weighted by Crippen LogP contribution is -2.51. The number of rotatable bonds is 3. The highest BCUT2D eigenvalue weighted by Crippen LogP contribution is 2.34. The van der Waals surface area contributed by atoms with Crippen molar-refractivity contribution in [1.82, 2.24) is 9.29 Å². The largest absolute Gasteiger partial charge is 0.488 e. The molecule has 15 heteroatoms. The number of aliphatic hydroxyl groups excluding tert-OH is 1. The summed E-state index contributed by atoms with van der Waals surface area (Å²) in [6.07, 6.45) is -7.24. The minimum Gasteiger partial charge on any atom is -0.488 e. The van der Waals surface area contributed by atoms with Gasteiger partial charge in [0, 0.05) is 25.0 Å². The Morgan fingerprint density at radius 3 is 2.55 bits per heavy atom. The molecule has 0 radical (unpaired) electrons. The van der Waals surface area contributed by atoms with E-state index in [0.29, 0.717) is 6.07 Å². The Labute approximate surface area is 179 Å². The van der Waals surface area contributed by atoms with Gasteiger partial charge in [0.15, 0.2) is 29.2 Å². The summed E-state index contributed by atoms with van der Waals surface area (Å²) in [5.74, 6) is -3.95. The van der Waals surface area contributed by atoms with E-state index in [9.17, 15) is 40.3 Å². The Balaban J connectivity index is 0.00000341. The molecule has 0 spiro atoms. The van der Waals surface area contributed by atoms with Gasteiger partial charge in [-0.1, -0.05) is 0 Å². The molecule has 31 heavy (non-hydrogen) atoms. The number of benzene rings is 1. The number of anilines is 1. The van der Waals surface area contributed by atoms with Gasteiger partial charge < -0.3 is 19.7 Å². The fourth-order valence-corrected chi connectivity index (χ4v) is 4.21. The van der Waals surface area contributed by atoms with Crippen LogP contribution in [0, 0.1) is 11.6 Å². The first-order valence-corrected chi connectivity index (χ1v) is 9.65. The molecule has 1 aliphatic heterocycles. The number of nitrogens with zero attached hydrogens (tertiary/aromatic N) is 1. The topological polar surface area (TPSA) is 110 Å². The zero-order valence-electron chi connectivity index (χ0n) is 15.5. The number of ether oxygens (including phenoxy) is 1.